The van der Waals surface area contributed by atoms with Crippen molar-refractivity contribution in [2.75, 3.05) is 13.7 Å². The third-order valence-corrected chi connectivity index (χ3v) is 5.82. The van der Waals surface area contributed by atoms with Gasteiger partial charge < -0.3 is 9.84 Å². The Kier molecular flexibility index (Phi) is 5.77. The van der Waals surface area contributed by atoms with Gasteiger partial charge in [0.05, 0.1) is 18.7 Å². The summed E-state index contributed by atoms with van der Waals surface area (Å²) in [6, 6.07) is 7.36. The molecule has 0 bridgehead atoms. The summed E-state index contributed by atoms with van der Waals surface area (Å²) in [5.74, 6) is 0.369. The average Bonchev–Trinajstić information content (AvgIpc) is 3.47. The number of rotatable bonds is 7. The molecule has 0 unspecified atom stereocenters. The number of aryl methyl sites for hydroxylation is 2. The van der Waals surface area contributed by atoms with Crippen LogP contribution >= 0.6 is 0 Å². The second kappa shape index (κ2) is 7.96. The van der Waals surface area contributed by atoms with Gasteiger partial charge in [0.15, 0.2) is 5.78 Å². The maximum atomic E-state index is 13.8. The Balaban J connectivity index is 2.26. The second-order valence-electron chi connectivity index (χ2n) is 8.49. The van der Waals surface area contributed by atoms with Gasteiger partial charge in [-0.2, -0.15) is 5.26 Å². The van der Waals surface area contributed by atoms with E-state index in [1.165, 1.54) is 0 Å². The lowest BCUT2D eigenvalue weighted by Crippen LogP contribution is -2.19. The summed E-state index contributed by atoms with van der Waals surface area (Å²) in [4.78, 5) is 18.4. The molecule has 0 radical (unpaired) electrons. The van der Waals surface area contributed by atoms with E-state index < -0.39 is 0 Å². The molecule has 152 valence electrons. The lowest BCUT2D eigenvalue weighted by atomic mass is 9.84. The summed E-state index contributed by atoms with van der Waals surface area (Å²) in [6.45, 7) is 7.91. The minimum Gasteiger partial charge on any atom is -0.481 e. The van der Waals surface area contributed by atoms with Crippen molar-refractivity contribution in [3.8, 4) is 11.9 Å². The van der Waals surface area contributed by atoms with Crippen LogP contribution in [0.25, 0.3) is 0 Å². The number of ether oxygens (including phenoxy) is 1. The topological polar surface area (TPSA) is 83.2 Å². The van der Waals surface area contributed by atoms with E-state index in [0.29, 0.717) is 29.0 Å². The molecule has 5 nitrogen and oxygen atoms in total. The van der Waals surface area contributed by atoms with Gasteiger partial charge in [-0.3, -0.25) is 4.79 Å². The fourth-order valence-corrected chi connectivity index (χ4v) is 3.96. The minimum atomic E-state index is -0.158. The van der Waals surface area contributed by atoms with E-state index in [9.17, 15) is 15.2 Å². The Morgan fingerprint density at radius 3 is 2.52 bits per heavy atom. The maximum absolute atomic E-state index is 13.8. The molecule has 2 aromatic rings. The lowest BCUT2D eigenvalue weighted by Gasteiger charge is -2.23. The number of hydrogen-bond acceptors (Lipinski definition) is 5. The maximum Gasteiger partial charge on any atom is 0.217 e. The van der Waals surface area contributed by atoms with Crippen molar-refractivity contribution in [1.29, 1.82) is 5.26 Å². The van der Waals surface area contributed by atoms with Gasteiger partial charge in [-0.1, -0.05) is 13.8 Å². The van der Waals surface area contributed by atoms with Gasteiger partial charge in [0, 0.05) is 29.0 Å². The van der Waals surface area contributed by atoms with Crippen LogP contribution in [0, 0.1) is 30.6 Å². The number of aliphatic hydroxyl groups excluding tert-OH is 1. The summed E-state index contributed by atoms with van der Waals surface area (Å²) in [6.07, 6.45) is 2.51. The Morgan fingerprint density at radius 1 is 1.31 bits per heavy atom. The van der Waals surface area contributed by atoms with E-state index in [4.69, 9.17) is 4.74 Å². The van der Waals surface area contributed by atoms with Crippen molar-refractivity contribution in [1.82, 2.24) is 4.98 Å². The number of aliphatic hydroxyl groups is 1. The van der Waals surface area contributed by atoms with Crippen molar-refractivity contribution in [2.24, 2.45) is 5.41 Å². The van der Waals surface area contributed by atoms with Crippen molar-refractivity contribution in [2.45, 2.75) is 52.9 Å². The number of pyridine rings is 1. The predicted molar refractivity (Wildman–Crippen MR) is 111 cm³/mol. The van der Waals surface area contributed by atoms with Crippen LogP contribution < -0.4 is 4.74 Å². The third kappa shape index (κ3) is 4.04. The number of aromatic nitrogens is 1. The summed E-state index contributed by atoms with van der Waals surface area (Å²) in [5.41, 5.74) is 4.69. The molecule has 29 heavy (non-hydrogen) atoms. The van der Waals surface area contributed by atoms with E-state index in [1.807, 2.05) is 33.8 Å². The van der Waals surface area contributed by atoms with E-state index in [0.717, 1.165) is 35.2 Å². The first-order valence-corrected chi connectivity index (χ1v) is 10.00. The number of hydrogen-bond donors (Lipinski definition) is 1. The molecule has 0 spiro atoms. The molecule has 0 amide bonds. The van der Waals surface area contributed by atoms with Crippen molar-refractivity contribution < 1.29 is 14.6 Å². The molecule has 1 aromatic heterocycles. The average molecular weight is 392 g/mol. The van der Waals surface area contributed by atoms with Crippen molar-refractivity contribution in [3.05, 3.63) is 57.3 Å². The smallest absolute Gasteiger partial charge is 0.217 e. The fraction of sp³-hybridized carbons (Fsp3) is 0.458. The highest BCUT2D eigenvalue weighted by atomic mass is 16.5. The lowest BCUT2D eigenvalue weighted by molar-refractivity contribution is 0.103. The number of benzene rings is 1. The van der Waals surface area contributed by atoms with Crippen LogP contribution in [0.2, 0.25) is 0 Å². The second-order valence-corrected chi connectivity index (χ2v) is 8.49. The number of nitrogens with zero attached hydrogens (tertiary/aromatic N) is 2. The minimum absolute atomic E-state index is 0.0280. The molecule has 1 fully saturated rings. The molecule has 0 atom stereocenters. The molecule has 1 N–H and O–H groups in total. The molecular weight excluding hydrogens is 364 g/mol. The van der Waals surface area contributed by atoms with E-state index in [-0.39, 0.29) is 23.7 Å². The van der Waals surface area contributed by atoms with Gasteiger partial charge in [-0.15, -0.1) is 0 Å². The van der Waals surface area contributed by atoms with Gasteiger partial charge in [0.2, 0.25) is 5.88 Å². The van der Waals surface area contributed by atoms with E-state index >= 15 is 0 Å². The molecule has 1 aliphatic carbocycles. The van der Waals surface area contributed by atoms with Gasteiger partial charge in [-0.25, -0.2) is 4.98 Å². The molecule has 1 saturated carbocycles. The largest absolute Gasteiger partial charge is 0.481 e. The molecule has 0 saturated heterocycles. The highest BCUT2D eigenvalue weighted by Crippen LogP contribution is 2.49. The molecular formula is C24H28N2O3. The Bertz CT molecular complexity index is 998. The fourth-order valence-electron chi connectivity index (χ4n) is 3.96. The van der Waals surface area contributed by atoms with Crippen LogP contribution in [0.5, 0.6) is 5.88 Å². The molecule has 1 heterocycles. The van der Waals surface area contributed by atoms with Crippen LogP contribution in [0.4, 0.5) is 0 Å². The SMILES string of the molecule is COc1nc(C)c(CC2(CO)CC2)c(C(=O)c2cc(C)cc(C#N)c2)c1C(C)C. The zero-order valence-corrected chi connectivity index (χ0v) is 17.8. The highest BCUT2D eigenvalue weighted by molar-refractivity contribution is 6.11. The first-order valence-electron chi connectivity index (χ1n) is 10.00. The van der Waals surface area contributed by atoms with Gasteiger partial charge in [0.1, 0.15) is 0 Å². The van der Waals surface area contributed by atoms with Gasteiger partial charge in [0.25, 0.3) is 0 Å². The first-order chi connectivity index (χ1) is 13.7. The van der Waals surface area contributed by atoms with Crippen molar-refractivity contribution >= 4 is 5.78 Å². The predicted octanol–water partition coefficient (Wildman–Crippen LogP) is 4.25. The monoisotopic (exact) mass is 392 g/mol. The van der Waals surface area contributed by atoms with Crippen molar-refractivity contribution in [3.63, 3.8) is 0 Å². The molecule has 3 rings (SSSR count). The number of methoxy groups -OCH3 is 1. The van der Waals surface area contributed by atoms with Crippen LogP contribution in [-0.4, -0.2) is 29.6 Å². The summed E-state index contributed by atoms with van der Waals surface area (Å²) in [7, 11) is 1.57. The van der Waals surface area contributed by atoms with E-state index in [2.05, 4.69) is 11.1 Å². The van der Waals surface area contributed by atoms with Crippen LogP contribution in [0.3, 0.4) is 0 Å². The zero-order valence-electron chi connectivity index (χ0n) is 17.8. The third-order valence-electron chi connectivity index (χ3n) is 5.82. The Hall–Kier alpha value is -2.71. The van der Waals surface area contributed by atoms with Crippen LogP contribution in [0.15, 0.2) is 18.2 Å². The Morgan fingerprint density at radius 2 is 2.00 bits per heavy atom. The van der Waals surface area contributed by atoms with Crippen LogP contribution in [0.1, 0.15) is 76.5 Å². The number of carbonyl (C=O) groups excluding carboxylic acids is 1. The van der Waals surface area contributed by atoms with Gasteiger partial charge in [-0.05, 0) is 73.8 Å². The highest BCUT2D eigenvalue weighted by Gasteiger charge is 2.43. The quantitative estimate of drug-likeness (QED) is 0.712. The molecule has 0 aliphatic heterocycles. The standard InChI is InChI=1S/C24H28N2O3/c1-14(2)20-21(22(28)18-9-15(3)8-17(10-18)12-25)19(11-24(13-27)6-7-24)16(4)26-23(20)29-5/h8-10,14,27H,6-7,11,13H2,1-5H3. The molecule has 5 heteroatoms. The number of ketones is 1. The summed E-state index contributed by atoms with van der Waals surface area (Å²) >= 11 is 0. The normalized spacial score (nSPS) is 14.6. The summed E-state index contributed by atoms with van der Waals surface area (Å²) < 4.78 is 5.54. The van der Waals surface area contributed by atoms with Crippen LogP contribution in [-0.2, 0) is 6.42 Å². The molecule has 1 aromatic carbocycles. The summed E-state index contributed by atoms with van der Waals surface area (Å²) in [5, 5.41) is 19.2. The van der Waals surface area contributed by atoms with Gasteiger partial charge >= 0.3 is 0 Å². The Labute approximate surface area is 172 Å². The zero-order chi connectivity index (χ0) is 21.3. The first kappa shape index (κ1) is 21.0. The number of carbonyl (C=O) groups is 1. The number of nitriles is 1. The van der Waals surface area contributed by atoms with E-state index in [1.54, 1.807) is 19.2 Å². The molecule has 1 aliphatic rings.